The fraction of sp³-hybridized carbons (Fsp3) is 0.833. The predicted molar refractivity (Wildman–Crippen MR) is 64.9 cm³/mol. The predicted octanol–water partition coefficient (Wildman–Crippen LogP) is 1.66. The molecular weight excluding hydrogens is 279 g/mol. The first-order valence-corrected chi connectivity index (χ1v) is 6.23. The van der Waals surface area contributed by atoms with Crippen molar-refractivity contribution in [3.05, 3.63) is 0 Å². The molecule has 0 aliphatic carbocycles. The van der Waals surface area contributed by atoms with Crippen LogP contribution >= 0.6 is 0 Å². The Kier molecular flexibility index (Phi) is 8.21. The second-order valence-electron chi connectivity index (χ2n) is 4.70. The first-order chi connectivity index (χ1) is 9.11. The van der Waals surface area contributed by atoms with Crippen LogP contribution in [0.15, 0.2) is 0 Å². The van der Waals surface area contributed by atoms with Gasteiger partial charge < -0.3 is 14.8 Å². The van der Waals surface area contributed by atoms with Crippen molar-refractivity contribution < 1.29 is 32.2 Å². The zero-order valence-corrected chi connectivity index (χ0v) is 11.8. The van der Waals surface area contributed by atoms with E-state index in [-0.39, 0.29) is 0 Å². The summed E-state index contributed by atoms with van der Waals surface area (Å²) in [4.78, 5) is 22.4. The van der Waals surface area contributed by atoms with Crippen LogP contribution in [-0.4, -0.2) is 43.9 Å². The lowest BCUT2D eigenvalue weighted by molar-refractivity contribution is -0.160. The number of carbonyl (C=O) groups excluding carboxylic acids is 2. The molecule has 0 saturated carbocycles. The topological polar surface area (TPSA) is 64.6 Å². The Morgan fingerprint density at radius 2 is 1.80 bits per heavy atom. The molecule has 0 heterocycles. The summed E-state index contributed by atoms with van der Waals surface area (Å²) in [5.74, 6) is -1.37. The summed E-state index contributed by atoms with van der Waals surface area (Å²) >= 11 is 0. The first-order valence-electron chi connectivity index (χ1n) is 6.23. The Balaban J connectivity index is 3.83. The average Bonchev–Trinajstić information content (AvgIpc) is 2.31. The van der Waals surface area contributed by atoms with Crippen molar-refractivity contribution in [1.82, 2.24) is 5.32 Å². The molecule has 8 heteroatoms. The Labute approximate surface area is 115 Å². The van der Waals surface area contributed by atoms with Crippen molar-refractivity contribution in [3.8, 4) is 0 Å². The molecule has 0 aromatic heterocycles. The monoisotopic (exact) mass is 299 g/mol. The summed E-state index contributed by atoms with van der Waals surface area (Å²) < 4.78 is 45.1. The molecule has 1 unspecified atom stereocenters. The Morgan fingerprint density at radius 3 is 2.30 bits per heavy atom. The Hall–Kier alpha value is -1.31. The second kappa shape index (κ2) is 8.78. The van der Waals surface area contributed by atoms with Crippen molar-refractivity contribution in [2.45, 2.75) is 39.5 Å². The molecule has 0 aromatic carbocycles. The van der Waals surface area contributed by atoms with Crippen LogP contribution in [0.4, 0.5) is 13.2 Å². The minimum Gasteiger partial charge on any atom is -0.454 e. The van der Waals surface area contributed by atoms with Gasteiger partial charge in [0.1, 0.15) is 6.54 Å². The van der Waals surface area contributed by atoms with Crippen molar-refractivity contribution in [3.63, 3.8) is 0 Å². The van der Waals surface area contributed by atoms with Crippen LogP contribution in [0.25, 0.3) is 0 Å². The van der Waals surface area contributed by atoms with Gasteiger partial charge in [-0.2, -0.15) is 13.2 Å². The fourth-order valence-electron chi connectivity index (χ4n) is 1.05. The maximum atomic E-state index is 11.8. The maximum absolute atomic E-state index is 11.8. The van der Waals surface area contributed by atoms with Gasteiger partial charge in [-0.05, 0) is 19.3 Å². The number of hydrogen-bond acceptors (Lipinski definition) is 4. The van der Waals surface area contributed by atoms with Gasteiger partial charge in [0.05, 0.1) is 0 Å². The third-order valence-electron chi connectivity index (χ3n) is 2.23. The fourth-order valence-corrected chi connectivity index (χ4v) is 1.05. The number of halogens is 3. The number of hydrogen-bond donors (Lipinski definition) is 1. The van der Waals surface area contributed by atoms with Gasteiger partial charge >= 0.3 is 12.1 Å². The van der Waals surface area contributed by atoms with Crippen molar-refractivity contribution in [1.29, 1.82) is 0 Å². The van der Waals surface area contributed by atoms with E-state index in [1.54, 1.807) is 5.32 Å². The number of alkyl halides is 3. The molecule has 0 aromatic rings. The summed E-state index contributed by atoms with van der Waals surface area (Å²) in [5, 5.41) is 1.59. The van der Waals surface area contributed by atoms with E-state index in [9.17, 15) is 22.8 Å². The number of ether oxygens (including phenoxy) is 2. The number of esters is 1. The first kappa shape index (κ1) is 18.7. The molecule has 0 radical (unpaired) electrons. The van der Waals surface area contributed by atoms with Gasteiger partial charge in [0.25, 0.3) is 5.91 Å². The minimum absolute atomic E-state index is 0.369. The van der Waals surface area contributed by atoms with E-state index >= 15 is 0 Å². The van der Waals surface area contributed by atoms with Crippen LogP contribution in [0.2, 0.25) is 0 Å². The van der Waals surface area contributed by atoms with Crippen molar-refractivity contribution >= 4 is 11.9 Å². The summed E-state index contributed by atoms with van der Waals surface area (Å²) in [6, 6.07) is 0. The molecule has 118 valence electrons. The number of carbonyl (C=O) groups is 2. The molecule has 0 aliphatic rings. The molecule has 5 nitrogen and oxygen atoms in total. The lowest BCUT2D eigenvalue weighted by Crippen LogP contribution is -2.37. The lowest BCUT2D eigenvalue weighted by atomic mass is 10.1. The number of rotatable bonds is 8. The molecule has 0 spiro atoms. The second-order valence-corrected chi connectivity index (χ2v) is 4.70. The van der Waals surface area contributed by atoms with Crippen LogP contribution < -0.4 is 5.32 Å². The van der Waals surface area contributed by atoms with Crippen LogP contribution in [-0.2, 0) is 19.1 Å². The number of amides is 1. The van der Waals surface area contributed by atoms with E-state index in [0.29, 0.717) is 12.5 Å². The molecular formula is C12H20F3NO4. The third kappa shape index (κ3) is 10.6. The number of nitrogens with one attached hydrogen (secondary N) is 1. The van der Waals surface area contributed by atoms with Gasteiger partial charge in [0, 0.05) is 6.61 Å². The van der Waals surface area contributed by atoms with Gasteiger partial charge in [-0.25, -0.2) is 4.79 Å². The van der Waals surface area contributed by atoms with E-state index in [2.05, 4.69) is 4.74 Å². The van der Waals surface area contributed by atoms with Gasteiger partial charge in [-0.1, -0.05) is 13.8 Å². The summed E-state index contributed by atoms with van der Waals surface area (Å²) in [5.41, 5.74) is 0. The average molecular weight is 299 g/mol. The van der Waals surface area contributed by atoms with Crippen LogP contribution in [0, 0.1) is 5.92 Å². The quantitative estimate of drug-likeness (QED) is 0.692. The van der Waals surface area contributed by atoms with E-state index in [4.69, 9.17) is 4.74 Å². The standard InChI is InChI=1S/C12H20F3NO4/c1-8(2)4-5-19-9(3)11(18)20-6-10(17)16-7-12(13,14)15/h8-9H,4-7H2,1-3H3,(H,16,17). The Bertz CT molecular complexity index is 318. The van der Waals surface area contributed by atoms with Gasteiger partial charge in [0.2, 0.25) is 0 Å². The molecule has 0 fully saturated rings. The lowest BCUT2D eigenvalue weighted by Gasteiger charge is -2.13. The Morgan fingerprint density at radius 1 is 1.20 bits per heavy atom. The molecule has 1 N–H and O–H groups in total. The van der Waals surface area contributed by atoms with Gasteiger partial charge in [-0.15, -0.1) is 0 Å². The molecule has 1 atom stereocenters. The molecule has 0 rings (SSSR count). The molecule has 1 amide bonds. The van der Waals surface area contributed by atoms with E-state index < -0.39 is 37.3 Å². The molecule has 0 saturated heterocycles. The molecule has 0 bridgehead atoms. The van der Waals surface area contributed by atoms with E-state index in [0.717, 1.165) is 6.42 Å². The molecule has 0 aliphatic heterocycles. The summed E-state index contributed by atoms with van der Waals surface area (Å²) in [7, 11) is 0. The highest BCUT2D eigenvalue weighted by molar-refractivity contribution is 5.81. The zero-order chi connectivity index (χ0) is 15.8. The third-order valence-corrected chi connectivity index (χ3v) is 2.23. The highest BCUT2D eigenvalue weighted by Gasteiger charge is 2.28. The summed E-state index contributed by atoms with van der Waals surface area (Å²) in [6.07, 6.45) is -4.58. The van der Waals surface area contributed by atoms with Crippen LogP contribution in [0.1, 0.15) is 27.2 Å². The normalized spacial score (nSPS) is 13.2. The van der Waals surface area contributed by atoms with Crippen LogP contribution in [0.5, 0.6) is 0 Å². The zero-order valence-electron chi connectivity index (χ0n) is 11.8. The van der Waals surface area contributed by atoms with Gasteiger partial charge in [0.15, 0.2) is 12.7 Å². The van der Waals surface area contributed by atoms with E-state index in [1.165, 1.54) is 6.92 Å². The van der Waals surface area contributed by atoms with E-state index in [1.807, 2.05) is 13.8 Å². The maximum Gasteiger partial charge on any atom is 0.405 e. The largest absolute Gasteiger partial charge is 0.454 e. The summed E-state index contributed by atoms with van der Waals surface area (Å²) in [6.45, 7) is 3.61. The SMILES string of the molecule is CC(C)CCOC(C)C(=O)OCC(=O)NCC(F)(F)F. The minimum atomic E-state index is -4.49. The van der Waals surface area contributed by atoms with Crippen molar-refractivity contribution in [2.24, 2.45) is 5.92 Å². The van der Waals surface area contributed by atoms with Crippen molar-refractivity contribution in [2.75, 3.05) is 19.8 Å². The smallest absolute Gasteiger partial charge is 0.405 e. The molecule has 20 heavy (non-hydrogen) atoms. The highest BCUT2D eigenvalue weighted by atomic mass is 19.4. The highest BCUT2D eigenvalue weighted by Crippen LogP contribution is 2.11. The van der Waals surface area contributed by atoms with Gasteiger partial charge in [-0.3, -0.25) is 4.79 Å². The van der Waals surface area contributed by atoms with Crippen LogP contribution in [0.3, 0.4) is 0 Å².